The largest absolute Gasteiger partial charge is 0.397 e. The van der Waals surface area contributed by atoms with Crippen molar-refractivity contribution in [1.29, 1.82) is 0 Å². The van der Waals surface area contributed by atoms with E-state index in [1.807, 2.05) is 0 Å². The summed E-state index contributed by atoms with van der Waals surface area (Å²) in [5.74, 6) is 0.0933. The van der Waals surface area contributed by atoms with Crippen LogP contribution >= 0.6 is 27.5 Å². The van der Waals surface area contributed by atoms with Crippen LogP contribution in [0.4, 0.5) is 11.4 Å². The zero-order valence-electron chi connectivity index (χ0n) is 11.1. The Morgan fingerprint density at radius 2 is 2.24 bits per heavy atom. The second-order valence-electron chi connectivity index (χ2n) is 4.33. The van der Waals surface area contributed by atoms with E-state index in [9.17, 15) is 9.59 Å². The minimum absolute atomic E-state index is 0.139. The van der Waals surface area contributed by atoms with Crippen molar-refractivity contribution < 1.29 is 4.79 Å². The van der Waals surface area contributed by atoms with Gasteiger partial charge in [0, 0.05) is 11.9 Å². The predicted octanol–water partition coefficient (Wildman–Crippen LogP) is 2.19. The highest BCUT2D eigenvalue weighted by Gasteiger charge is 2.10. The number of benzene rings is 1. The summed E-state index contributed by atoms with van der Waals surface area (Å²) in [5.41, 5.74) is 6.23. The number of anilines is 2. The Bertz CT molecular complexity index is 760. The highest BCUT2D eigenvalue weighted by Crippen LogP contribution is 2.22. The van der Waals surface area contributed by atoms with Crippen LogP contribution in [-0.4, -0.2) is 15.5 Å². The van der Waals surface area contributed by atoms with Crippen molar-refractivity contribution in [1.82, 2.24) is 9.55 Å². The van der Waals surface area contributed by atoms with Crippen molar-refractivity contribution in [3.63, 3.8) is 0 Å². The summed E-state index contributed by atoms with van der Waals surface area (Å²) >= 11 is 8.91. The quantitative estimate of drug-likeness (QED) is 0.809. The molecule has 6 nitrogen and oxygen atoms in total. The molecule has 1 aromatic heterocycles. The highest BCUT2D eigenvalue weighted by molar-refractivity contribution is 9.10. The van der Waals surface area contributed by atoms with Crippen LogP contribution in [0.25, 0.3) is 0 Å². The van der Waals surface area contributed by atoms with Gasteiger partial charge in [0.1, 0.15) is 16.8 Å². The summed E-state index contributed by atoms with van der Waals surface area (Å²) in [4.78, 5) is 28.0. The van der Waals surface area contributed by atoms with Gasteiger partial charge in [0.25, 0.3) is 5.56 Å². The minimum atomic E-state index is -0.359. The molecule has 2 aromatic rings. The number of carbonyl (C=O) groups is 1. The van der Waals surface area contributed by atoms with Crippen LogP contribution < -0.4 is 16.6 Å². The number of rotatable bonds is 3. The number of aromatic nitrogens is 2. The summed E-state index contributed by atoms with van der Waals surface area (Å²) in [7, 11) is 0. The summed E-state index contributed by atoms with van der Waals surface area (Å²) < 4.78 is 1.58. The van der Waals surface area contributed by atoms with Gasteiger partial charge in [0.15, 0.2) is 0 Å². The van der Waals surface area contributed by atoms with Crippen LogP contribution in [0.15, 0.2) is 33.7 Å². The SMILES string of the molecule is Cc1ncc(Br)c(=O)n1CC(=O)Nc1ccc(Cl)c(N)c1. The second kappa shape index (κ2) is 6.28. The molecule has 2 rings (SSSR count). The molecule has 0 aliphatic heterocycles. The first-order valence-corrected chi connectivity index (χ1v) is 7.12. The second-order valence-corrected chi connectivity index (χ2v) is 5.59. The summed E-state index contributed by atoms with van der Waals surface area (Å²) in [5, 5.41) is 3.07. The molecule has 1 amide bonds. The molecule has 21 heavy (non-hydrogen) atoms. The molecule has 1 heterocycles. The molecule has 0 radical (unpaired) electrons. The molecular formula is C13H12BrClN4O2. The maximum Gasteiger partial charge on any atom is 0.268 e. The molecule has 0 aliphatic carbocycles. The molecular weight excluding hydrogens is 360 g/mol. The number of aryl methyl sites for hydroxylation is 1. The first-order chi connectivity index (χ1) is 9.88. The first-order valence-electron chi connectivity index (χ1n) is 5.95. The van der Waals surface area contributed by atoms with Crippen molar-refractivity contribution >= 4 is 44.8 Å². The van der Waals surface area contributed by atoms with Crippen LogP contribution in [0, 0.1) is 6.92 Å². The van der Waals surface area contributed by atoms with Gasteiger partial charge in [-0.3, -0.25) is 14.2 Å². The van der Waals surface area contributed by atoms with E-state index in [0.29, 0.717) is 26.7 Å². The minimum Gasteiger partial charge on any atom is -0.397 e. The summed E-state index contributed by atoms with van der Waals surface area (Å²) in [6, 6.07) is 4.77. The lowest BCUT2D eigenvalue weighted by Crippen LogP contribution is -2.30. The standard InChI is InChI=1S/C13H12BrClN4O2/c1-7-17-5-9(14)13(21)19(7)6-12(20)18-8-2-3-10(15)11(16)4-8/h2-5H,6,16H2,1H3,(H,18,20). The Morgan fingerprint density at radius 3 is 2.90 bits per heavy atom. The van der Waals surface area contributed by atoms with Gasteiger partial charge in [-0.2, -0.15) is 0 Å². The molecule has 0 unspecified atom stereocenters. The summed E-state index contributed by atoms with van der Waals surface area (Å²) in [6.45, 7) is 1.51. The molecule has 3 N–H and O–H groups in total. The highest BCUT2D eigenvalue weighted by atomic mass is 79.9. The average Bonchev–Trinajstić information content (AvgIpc) is 2.43. The van der Waals surface area contributed by atoms with Gasteiger partial charge in [0.2, 0.25) is 5.91 Å². The molecule has 0 saturated heterocycles. The first kappa shape index (κ1) is 15.5. The van der Waals surface area contributed by atoms with Gasteiger partial charge < -0.3 is 11.1 Å². The molecule has 110 valence electrons. The van der Waals surface area contributed by atoms with Gasteiger partial charge in [-0.25, -0.2) is 4.98 Å². The Hall–Kier alpha value is -1.86. The van der Waals surface area contributed by atoms with Crippen LogP contribution in [0.2, 0.25) is 5.02 Å². The fourth-order valence-electron chi connectivity index (χ4n) is 1.70. The molecule has 1 aromatic carbocycles. The Balaban J connectivity index is 2.17. The number of carbonyl (C=O) groups excluding carboxylic acids is 1. The van der Waals surface area contributed by atoms with Crippen molar-refractivity contribution in [2.75, 3.05) is 11.1 Å². The van der Waals surface area contributed by atoms with E-state index >= 15 is 0 Å². The van der Waals surface area contributed by atoms with E-state index in [2.05, 4.69) is 26.2 Å². The Kier molecular flexibility index (Phi) is 4.64. The van der Waals surface area contributed by atoms with Crippen LogP contribution in [0.5, 0.6) is 0 Å². The molecule has 0 bridgehead atoms. The van der Waals surface area contributed by atoms with Crippen molar-refractivity contribution in [3.05, 3.63) is 50.1 Å². The van der Waals surface area contributed by atoms with E-state index in [0.717, 1.165) is 0 Å². The van der Waals surface area contributed by atoms with Crippen LogP contribution in [-0.2, 0) is 11.3 Å². The average molecular weight is 372 g/mol. The molecule has 0 fully saturated rings. The zero-order valence-corrected chi connectivity index (χ0v) is 13.4. The monoisotopic (exact) mass is 370 g/mol. The predicted molar refractivity (Wildman–Crippen MR) is 85.4 cm³/mol. The number of amides is 1. The third kappa shape index (κ3) is 3.62. The van der Waals surface area contributed by atoms with Crippen molar-refractivity contribution in [2.45, 2.75) is 13.5 Å². The smallest absolute Gasteiger partial charge is 0.268 e. The Labute approximate surface area is 134 Å². The number of halogens is 2. The van der Waals surface area contributed by atoms with Crippen molar-refractivity contribution in [3.8, 4) is 0 Å². The lowest BCUT2D eigenvalue weighted by Gasteiger charge is -2.10. The number of nitrogen functional groups attached to an aromatic ring is 1. The van der Waals surface area contributed by atoms with Gasteiger partial charge in [-0.1, -0.05) is 11.6 Å². The third-order valence-corrected chi connectivity index (χ3v) is 3.67. The molecule has 0 saturated carbocycles. The number of nitrogens with zero attached hydrogens (tertiary/aromatic N) is 2. The number of nitrogens with one attached hydrogen (secondary N) is 1. The van der Waals surface area contributed by atoms with Gasteiger partial charge >= 0.3 is 0 Å². The maximum absolute atomic E-state index is 12.0. The van der Waals surface area contributed by atoms with E-state index in [1.165, 1.54) is 10.8 Å². The number of hydrogen-bond donors (Lipinski definition) is 2. The Morgan fingerprint density at radius 1 is 1.52 bits per heavy atom. The normalized spacial score (nSPS) is 10.4. The lowest BCUT2D eigenvalue weighted by atomic mass is 10.3. The summed E-state index contributed by atoms with van der Waals surface area (Å²) in [6.07, 6.45) is 1.41. The van der Waals surface area contributed by atoms with E-state index in [1.54, 1.807) is 25.1 Å². The fraction of sp³-hybridized carbons (Fsp3) is 0.154. The third-order valence-electron chi connectivity index (χ3n) is 2.79. The lowest BCUT2D eigenvalue weighted by molar-refractivity contribution is -0.116. The fourth-order valence-corrected chi connectivity index (χ4v) is 2.14. The molecule has 0 atom stereocenters. The molecule has 0 spiro atoms. The van der Waals surface area contributed by atoms with Crippen LogP contribution in [0.3, 0.4) is 0 Å². The topological polar surface area (TPSA) is 90.0 Å². The van der Waals surface area contributed by atoms with Crippen molar-refractivity contribution in [2.24, 2.45) is 0 Å². The van der Waals surface area contributed by atoms with Crippen LogP contribution in [0.1, 0.15) is 5.82 Å². The molecule has 8 heteroatoms. The van der Waals surface area contributed by atoms with E-state index < -0.39 is 0 Å². The van der Waals surface area contributed by atoms with E-state index in [-0.39, 0.29) is 18.0 Å². The number of nitrogens with two attached hydrogens (primary N) is 1. The van der Waals surface area contributed by atoms with Gasteiger partial charge in [-0.05, 0) is 41.1 Å². The number of hydrogen-bond acceptors (Lipinski definition) is 4. The van der Waals surface area contributed by atoms with E-state index in [4.69, 9.17) is 17.3 Å². The zero-order chi connectivity index (χ0) is 15.6. The van der Waals surface area contributed by atoms with Gasteiger partial charge in [-0.15, -0.1) is 0 Å². The molecule has 0 aliphatic rings. The van der Waals surface area contributed by atoms with Gasteiger partial charge in [0.05, 0.1) is 10.7 Å². The maximum atomic E-state index is 12.0.